The Hall–Kier alpha value is -1.93. The topological polar surface area (TPSA) is 92.8 Å². The number of nitrogens with zero attached hydrogens (tertiary/aromatic N) is 1. The standard InChI is InChI=1S/C22H34N2O5S/c1-7-29-22(26)19(14(2)3)23-21(25)18-8-10-24(11-9-18)30(27,28)20-16(5)12-15(4)13-17(20)6/h12-14,18-19H,7-11H2,1-6H3,(H,23,25)/t19-/m0/s1. The minimum absolute atomic E-state index is 0.0963. The molecule has 1 saturated heterocycles. The molecule has 2 rings (SSSR count). The fourth-order valence-corrected chi connectivity index (χ4v) is 5.94. The second-order valence-corrected chi connectivity index (χ2v) is 10.3. The predicted octanol–water partition coefficient (Wildman–Crippen LogP) is 2.72. The molecular formula is C22H34N2O5S. The lowest BCUT2D eigenvalue weighted by Crippen LogP contribution is -2.49. The van der Waals surface area contributed by atoms with E-state index >= 15 is 0 Å². The summed E-state index contributed by atoms with van der Waals surface area (Å²) < 4.78 is 32.9. The van der Waals surface area contributed by atoms with Crippen LogP contribution in [0, 0.1) is 32.6 Å². The lowest BCUT2D eigenvalue weighted by Gasteiger charge is -2.32. The van der Waals surface area contributed by atoms with E-state index in [4.69, 9.17) is 4.74 Å². The number of aryl methyl sites for hydroxylation is 3. The third-order valence-electron chi connectivity index (χ3n) is 5.53. The van der Waals surface area contributed by atoms with Crippen molar-refractivity contribution >= 4 is 21.9 Å². The number of esters is 1. The van der Waals surface area contributed by atoms with Crippen LogP contribution in [0.15, 0.2) is 17.0 Å². The number of amides is 1. The molecule has 8 heteroatoms. The molecule has 1 aliphatic heterocycles. The van der Waals surface area contributed by atoms with Crippen molar-refractivity contribution in [1.82, 2.24) is 9.62 Å². The second kappa shape index (κ2) is 9.92. The Morgan fingerprint density at radius 2 is 1.67 bits per heavy atom. The summed E-state index contributed by atoms with van der Waals surface area (Å²) in [4.78, 5) is 25.2. The normalized spacial score (nSPS) is 17.0. The summed E-state index contributed by atoms with van der Waals surface area (Å²) in [6.07, 6.45) is 0.839. The Morgan fingerprint density at radius 1 is 1.13 bits per heavy atom. The number of nitrogens with one attached hydrogen (secondary N) is 1. The van der Waals surface area contributed by atoms with Crippen molar-refractivity contribution in [2.24, 2.45) is 11.8 Å². The molecule has 1 N–H and O–H groups in total. The highest BCUT2D eigenvalue weighted by atomic mass is 32.2. The summed E-state index contributed by atoms with van der Waals surface area (Å²) >= 11 is 0. The molecule has 1 aliphatic rings. The molecule has 0 radical (unpaired) electrons. The quantitative estimate of drug-likeness (QED) is 0.661. The molecule has 0 aromatic heterocycles. The zero-order valence-electron chi connectivity index (χ0n) is 18.8. The smallest absolute Gasteiger partial charge is 0.328 e. The van der Waals surface area contributed by atoms with Crippen molar-refractivity contribution in [1.29, 1.82) is 0 Å². The molecule has 168 valence electrons. The SMILES string of the molecule is CCOC(=O)[C@@H](NC(=O)C1CCN(S(=O)(=O)c2c(C)cc(C)cc2C)CC1)C(C)C. The first-order chi connectivity index (χ1) is 14.0. The van der Waals surface area contributed by atoms with E-state index in [2.05, 4.69) is 5.32 Å². The molecule has 0 saturated carbocycles. The summed E-state index contributed by atoms with van der Waals surface area (Å²) in [5, 5.41) is 2.80. The van der Waals surface area contributed by atoms with Crippen molar-refractivity contribution in [2.75, 3.05) is 19.7 Å². The first-order valence-corrected chi connectivity index (χ1v) is 12.0. The van der Waals surface area contributed by atoms with Gasteiger partial charge in [0.1, 0.15) is 6.04 Å². The molecule has 7 nitrogen and oxygen atoms in total. The van der Waals surface area contributed by atoms with Gasteiger partial charge in [-0.1, -0.05) is 31.5 Å². The van der Waals surface area contributed by atoms with Gasteiger partial charge in [0.25, 0.3) is 0 Å². The fraction of sp³-hybridized carbons (Fsp3) is 0.636. The summed E-state index contributed by atoms with van der Waals surface area (Å²) in [5.41, 5.74) is 2.50. The minimum Gasteiger partial charge on any atom is -0.464 e. The minimum atomic E-state index is -3.62. The van der Waals surface area contributed by atoms with E-state index in [1.165, 1.54) is 4.31 Å². The van der Waals surface area contributed by atoms with Gasteiger partial charge < -0.3 is 10.1 Å². The number of carbonyl (C=O) groups excluding carboxylic acids is 2. The third kappa shape index (κ3) is 5.40. The van der Waals surface area contributed by atoms with Gasteiger partial charge in [-0.25, -0.2) is 13.2 Å². The maximum absolute atomic E-state index is 13.2. The molecule has 0 spiro atoms. The highest BCUT2D eigenvalue weighted by Gasteiger charge is 2.35. The van der Waals surface area contributed by atoms with Crippen molar-refractivity contribution in [3.63, 3.8) is 0 Å². The molecule has 30 heavy (non-hydrogen) atoms. The van der Waals surface area contributed by atoms with E-state index in [-0.39, 0.29) is 37.4 Å². The van der Waals surface area contributed by atoms with Gasteiger partial charge in [0.15, 0.2) is 0 Å². The number of piperidine rings is 1. The van der Waals surface area contributed by atoms with Gasteiger partial charge in [-0.3, -0.25) is 4.79 Å². The van der Waals surface area contributed by atoms with Gasteiger partial charge in [0.05, 0.1) is 11.5 Å². The molecule has 0 bridgehead atoms. The van der Waals surface area contributed by atoms with Crippen molar-refractivity contribution in [3.05, 3.63) is 28.8 Å². The van der Waals surface area contributed by atoms with E-state index in [9.17, 15) is 18.0 Å². The van der Waals surface area contributed by atoms with Gasteiger partial charge >= 0.3 is 5.97 Å². The fourth-order valence-electron chi connectivity index (χ4n) is 4.06. The second-order valence-electron chi connectivity index (χ2n) is 8.39. The Labute approximate surface area is 180 Å². The van der Waals surface area contributed by atoms with Crippen LogP contribution in [0.5, 0.6) is 0 Å². The average Bonchev–Trinajstić information content (AvgIpc) is 2.64. The number of sulfonamides is 1. The zero-order chi connectivity index (χ0) is 22.6. The van der Waals surface area contributed by atoms with Crippen LogP contribution in [0.25, 0.3) is 0 Å². The molecule has 1 amide bonds. The maximum Gasteiger partial charge on any atom is 0.328 e. The summed E-state index contributed by atoms with van der Waals surface area (Å²) in [5.74, 6) is -1.08. The molecule has 1 aromatic carbocycles. The molecule has 1 heterocycles. The number of hydrogen-bond acceptors (Lipinski definition) is 5. The van der Waals surface area contributed by atoms with E-state index in [1.807, 2.05) is 46.8 Å². The van der Waals surface area contributed by atoms with Gasteiger partial charge in [-0.15, -0.1) is 0 Å². The van der Waals surface area contributed by atoms with Gasteiger partial charge in [0, 0.05) is 19.0 Å². The lowest BCUT2D eigenvalue weighted by atomic mass is 9.95. The van der Waals surface area contributed by atoms with E-state index in [0.29, 0.717) is 17.7 Å². The van der Waals surface area contributed by atoms with Crippen LogP contribution in [-0.4, -0.2) is 50.3 Å². The van der Waals surface area contributed by atoms with Crippen LogP contribution >= 0.6 is 0 Å². The van der Waals surface area contributed by atoms with Crippen molar-refractivity contribution in [3.8, 4) is 0 Å². The predicted molar refractivity (Wildman–Crippen MR) is 116 cm³/mol. The summed E-state index contributed by atoms with van der Waals surface area (Å²) in [6.45, 7) is 11.8. The van der Waals surface area contributed by atoms with Crippen LogP contribution in [0.1, 0.15) is 50.3 Å². The van der Waals surface area contributed by atoms with E-state index in [1.54, 1.807) is 6.92 Å². The largest absolute Gasteiger partial charge is 0.464 e. The Bertz CT molecular complexity index is 864. The number of hydrogen-bond donors (Lipinski definition) is 1. The Balaban J connectivity index is 2.07. The Morgan fingerprint density at radius 3 is 2.13 bits per heavy atom. The van der Waals surface area contributed by atoms with Crippen molar-refractivity contribution < 1.29 is 22.7 Å². The lowest BCUT2D eigenvalue weighted by molar-refractivity contribution is -0.149. The average molecular weight is 439 g/mol. The van der Waals surface area contributed by atoms with Crippen LogP contribution in [0.2, 0.25) is 0 Å². The van der Waals surface area contributed by atoms with Crippen LogP contribution in [0.4, 0.5) is 0 Å². The number of carbonyl (C=O) groups is 2. The van der Waals surface area contributed by atoms with Gasteiger partial charge in [-0.05, 0) is 57.6 Å². The van der Waals surface area contributed by atoms with Gasteiger partial charge in [-0.2, -0.15) is 4.31 Å². The first kappa shape index (κ1) is 24.3. The van der Waals surface area contributed by atoms with Crippen molar-refractivity contribution in [2.45, 2.75) is 65.3 Å². The highest BCUT2D eigenvalue weighted by Crippen LogP contribution is 2.29. The zero-order valence-corrected chi connectivity index (χ0v) is 19.6. The van der Waals surface area contributed by atoms with Crippen LogP contribution < -0.4 is 5.32 Å². The first-order valence-electron chi connectivity index (χ1n) is 10.5. The number of rotatable bonds is 7. The molecule has 1 atom stereocenters. The summed E-state index contributed by atoms with van der Waals surface area (Å²) in [7, 11) is -3.62. The van der Waals surface area contributed by atoms with Gasteiger partial charge in [0.2, 0.25) is 15.9 Å². The summed E-state index contributed by atoms with van der Waals surface area (Å²) in [6, 6.07) is 3.06. The monoisotopic (exact) mass is 438 g/mol. The molecule has 0 unspecified atom stereocenters. The number of ether oxygens (including phenoxy) is 1. The van der Waals surface area contributed by atoms with E-state index < -0.39 is 22.0 Å². The molecule has 1 fully saturated rings. The maximum atomic E-state index is 13.2. The highest BCUT2D eigenvalue weighted by molar-refractivity contribution is 7.89. The molecule has 0 aliphatic carbocycles. The van der Waals surface area contributed by atoms with Crippen LogP contribution in [-0.2, 0) is 24.3 Å². The Kier molecular flexibility index (Phi) is 8.05. The van der Waals surface area contributed by atoms with E-state index in [0.717, 1.165) is 16.7 Å². The third-order valence-corrected chi connectivity index (χ3v) is 7.74. The number of benzene rings is 1. The molecule has 1 aromatic rings. The van der Waals surface area contributed by atoms with Crippen LogP contribution in [0.3, 0.4) is 0 Å². The molecular weight excluding hydrogens is 404 g/mol.